The number of amides is 1. The Bertz CT molecular complexity index is 1470. The van der Waals surface area contributed by atoms with Gasteiger partial charge in [0.2, 0.25) is 5.17 Å². The molecule has 2 aromatic carbocycles. The second-order valence-electron chi connectivity index (χ2n) is 7.95. The highest BCUT2D eigenvalue weighted by Crippen LogP contribution is 2.32. The number of thioether (sulfide) groups is 1. The van der Waals surface area contributed by atoms with Crippen molar-refractivity contribution in [3.8, 4) is 23.0 Å². The highest BCUT2D eigenvalue weighted by Gasteiger charge is 2.36. The van der Waals surface area contributed by atoms with E-state index in [4.69, 9.17) is 24.4 Å². The SMILES string of the molecule is COc1cccc(OCCOc2ccc(C=C3C(=N)N4N=C(c5cccnc5)SC4=NC3=O)cc2OC)c1. The van der Waals surface area contributed by atoms with Gasteiger partial charge >= 0.3 is 0 Å². The number of rotatable bonds is 9. The van der Waals surface area contributed by atoms with E-state index in [1.54, 1.807) is 55.9 Å². The Kier molecular flexibility index (Phi) is 7.36. The smallest absolute Gasteiger partial charge is 0.283 e. The molecule has 38 heavy (non-hydrogen) atoms. The number of methoxy groups -OCH3 is 2. The Hall–Kier alpha value is -4.64. The molecule has 0 spiro atoms. The summed E-state index contributed by atoms with van der Waals surface area (Å²) in [6, 6.07) is 16.2. The summed E-state index contributed by atoms with van der Waals surface area (Å²) in [5, 5.41) is 15.4. The molecule has 0 saturated heterocycles. The quantitative estimate of drug-likeness (QED) is 0.323. The molecule has 0 fully saturated rings. The Balaban J connectivity index is 1.27. The van der Waals surface area contributed by atoms with E-state index in [0.717, 1.165) is 5.56 Å². The van der Waals surface area contributed by atoms with Crippen LogP contribution in [0.5, 0.6) is 23.0 Å². The van der Waals surface area contributed by atoms with Gasteiger partial charge in [0.15, 0.2) is 17.3 Å². The zero-order valence-corrected chi connectivity index (χ0v) is 21.4. The molecule has 192 valence electrons. The maximum atomic E-state index is 12.8. The van der Waals surface area contributed by atoms with Gasteiger partial charge in [0.1, 0.15) is 29.8 Å². The van der Waals surface area contributed by atoms with Gasteiger partial charge in [-0.3, -0.25) is 15.2 Å². The van der Waals surface area contributed by atoms with Crippen molar-refractivity contribution in [2.45, 2.75) is 0 Å². The average Bonchev–Trinajstić information content (AvgIpc) is 3.38. The fourth-order valence-electron chi connectivity index (χ4n) is 3.66. The number of nitrogens with zero attached hydrogens (tertiary/aromatic N) is 4. The minimum atomic E-state index is -0.509. The van der Waals surface area contributed by atoms with Crippen LogP contribution in [-0.4, -0.2) is 59.4 Å². The molecule has 11 heteroatoms. The normalized spacial score (nSPS) is 15.6. The van der Waals surface area contributed by atoms with Crippen molar-refractivity contribution in [1.82, 2.24) is 9.99 Å². The molecule has 1 amide bonds. The van der Waals surface area contributed by atoms with Crippen molar-refractivity contribution in [1.29, 1.82) is 5.41 Å². The maximum absolute atomic E-state index is 12.8. The van der Waals surface area contributed by atoms with Gasteiger partial charge in [-0.05, 0) is 59.8 Å². The monoisotopic (exact) mass is 529 g/mol. The lowest BCUT2D eigenvalue weighted by molar-refractivity contribution is -0.114. The van der Waals surface area contributed by atoms with Crippen molar-refractivity contribution in [3.63, 3.8) is 0 Å². The van der Waals surface area contributed by atoms with Crippen LogP contribution in [0.15, 0.2) is 82.7 Å². The Morgan fingerprint density at radius 1 is 0.974 bits per heavy atom. The van der Waals surface area contributed by atoms with Crippen molar-refractivity contribution in [3.05, 3.63) is 83.7 Å². The van der Waals surface area contributed by atoms with Crippen LogP contribution >= 0.6 is 11.8 Å². The van der Waals surface area contributed by atoms with Crippen LogP contribution in [0.3, 0.4) is 0 Å². The number of hydrogen-bond acceptors (Lipinski definition) is 9. The van der Waals surface area contributed by atoms with Gasteiger partial charge in [-0.15, -0.1) is 0 Å². The third kappa shape index (κ3) is 5.37. The van der Waals surface area contributed by atoms with Gasteiger partial charge in [-0.25, -0.2) is 0 Å². The van der Waals surface area contributed by atoms with Gasteiger partial charge in [-0.2, -0.15) is 15.1 Å². The van der Waals surface area contributed by atoms with Crippen molar-refractivity contribution < 1.29 is 23.7 Å². The number of carbonyl (C=O) groups is 1. The number of hydrogen-bond donors (Lipinski definition) is 1. The summed E-state index contributed by atoms with van der Waals surface area (Å²) >= 11 is 1.23. The molecule has 0 aliphatic carbocycles. The van der Waals surface area contributed by atoms with Crippen molar-refractivity contribution >= 4 is 39.8 Å². The first-order valence-corrected chi connectivity index (χ1v) is 12.4. The Labute approximate surface area is 223 Å². The number of hydrazone groups is 1. The Morgan fingerprint density at radius 3 is 2.61 bits per heavy atom. The molecule has 1 N–H and O–H groups in total. The summed E-state index contributed by atoms with van der Waals surface area (Å²) in [6.07, 6.45) is 4.93. The van der Waals surface area contributed by atoms with E-state index in [-0.39, 0.29) is 11.4 Å². The third-order valence-electron chi connectivity index (χ3n) is 5.51. The van der Waals surface area contributed by atoms with Crippen LogP contribution in [0.1, 0.15) is 11.1 Å². The number of benzene rings is 2. The molecular formula is C27H23N5O5S. The first-order valence-electron chi connectivity index (χ1n) is 11.5. The van der Waals surface area contributed by atoms with E-state index in [9.17, 15) is 4.79 Å². The number of aliphatic imine (C=N–C) groups is 1. The topological polar surface area (TPSA) is 119 Å². The average molecular weight is 530 g/mol. The predicted molar refractivity (Wildman–Crippen MR) is 145 cm³/mol. The summed E-state index contributed by atoms with van der Waals surface area (Å²) in [4.78, 5) is 21.0. The standard InChI is InChI=1S/C27H23N5O5S/c1-34-19-6-3-7-20(15-19)36-11-12-37-22-9-8-17(14-23(22)35-2)13-21-24(28)32-27(30-25(21)33)38-26(31-32)18-5-4-10-29-16-18/h3-10,13-16,28H,11-12H2,1-2H3. The van der Waals surface area contributed by atoms with Gasteiger partial charge < -0.3 is 18.9 Å². The van der Waals surface area contributed by atoms with Gasteiger partial charge in [0.25, 0.3) is 5.91 Å². The molecule has 0 bridgehead atoms. The number of pyridine rings is 1. The van der Waals surface area contributed by atoms with E-state index in [1.807, 2.05) is 24.3 Å². The summed E-state index contributed by atoms with van der Waals surface area (Å²) in [7, 11) is 3.14. The second kappa shape index (κ2) is 11.2. The number of amidine groups is 2. The molecule has 0 unspecified atom stereocenters. The highest BCUT2D eigenvalue weighted by molar-refractivity contribution is 8.27. The molecule has 3 heterocycles. The molecule has 2 aliphatic rings. The molecule has 2 aliphatic heterocycles. The third-order valence-corrected chi connectivity index (χ3v) is 6.47. The van der Waals surface area contributed by atoms with Crippen LogP contribution < -0.4 is 18.9 Å². The summed E-state index contributed by atoms with van der Waals surface area (Å²) in [5.74, 6) is 1.83. The number of carbonyl (C=O) groups excluding carboxylic acids is 1. The predicted octanol–water partition coefficient (Wildman–Crippen LogP) is 4.22. The largest absolute Gasteiger partial charge is 0.497 e. The van der Waals surface area contributed by atoms with E-state index in [0.29, 0.717) is 52.0 Å². The molecule has 10 nitrogen and oxygen atoms in total. The van der Waals surface area contributed by atoms with Gasteiger partial charge in [0.05, 0.1) is 19.8 Å². The summed E-state index contributed by atoms with van der Waals surface area (Å²) in [6.45, 7) is 0.613. The number of nitrogens with one attached hydrogen (secondary N) is 1. The van der Waals surface area contributed by atoms with E-state index in [2.05, 4.69) is 15.1 Å². The molecule has 3 aromatic rings. The van der Waals surface area contributed by atoms with Crippen molar-refractivity contribution in [2.24, 2.45) is 10.1 Å². The Morgan fingerprint density at radius 2 is 1.82 bits per heavy atom. The zero-order valence-electron chi connectivity index (χ0n) is 20.6. The molecule has 0 atom stereocenters. The first-order chi connectivity index (χ1) is 18.6. The van der Waals surface area contributed by atoms with E-state index >= 15 is 0 Å². The number of aromatic nitrogens is 1. The lowest BCUT2D eigenvalue weighted by Crippen LogP contribution is -2.35. The van der Waals surface area contributed by atoms with Crippen LogP contribution in [0.4, 0.5) is 0 Å². The van der Waals surface area contributed by atoms with Crippen LogP contribution in [0, 0.1) is 5.41 Å². The van der Waals surface area contributed by atoms with Crippen LogP contribution in [0.25, 0.3) is 6.08 Å². The molecule has 1 aromatic heterocycles. The van der Waals surface area contributed by atoms with Crippen molar-refractivity contribution in [2.75, 3.05) is 27.4 Å². The van der Waals surface area contributed by atoms with E-state index in [1.165, 1.54) is 23.9 Å². The number of fused-ring (bicyclic) bond motifs is 1. The highest BCUT2D eigenvalue weighted by atomic mass is 32.2. The zero-order chi connectivity index (χ0) is 26.5. The minimum Gasteiger partial charge on any atom is -0.497 e. The van der Waals surface area contributed by atoms with Crippen LogP contribution in [0.2, 0.25) is 0 Å². The summed E-state index contributed by atoms with van der Waals surface area (Å²) < 4.78 is 22.2. The second-order valence-corrected chi connectivity index (χ2v) is 8.91. The van der Waals surface area contributed by atoms with Gasteiger partial charge in [-0.1, -0.05) is 12.1 Å². The maximum Gasteiger partial charge on any atom is 0.283 e. The molecular weight excluding hydrogens is 506 g/mol. The fraction of sp³-hybridized carbons (Fsp3) is 0.148. The molecule has 0 radical (unpaired) electrons. The van der Waals surface area contributed by atoms with Crippen LogP contribution in [-0.2, 0) is 4.79 Å². The molecule has 5 rings (SSSR count). The first kappa shape index (κ1) is 25.0. The number of ether oxygens (including phenoxy) is 4. The van der Waals surface area contributed by atoms with Gasteiger partial charge in [0, 0.05) is 24.0 Å². The molecule has 0 saturated carbocycles. The fourth-order valence-corrected chi connectivity index (χ4v) is 4.54. The summed E-state index contributed by atoms with van der Waals surface area (Å²) in [5.41, 5.74) is 1.56. The lowest BCUT2D eigenvalue weighted by atomic mass is 10.1. The van der Waals surface area contributed by atoms with E-state index < -0.39 is 5.91 Å². The minimum absolute atomic E-state index is 0.0552. The lowest BCUT2D eigenvalue weighted by Gasteiger charge is -2.20.